The Hall–Kier alpha value is -4.91. The first kappa shape index (κ1) is 30.1. The Balaban J connectivity index is 1.57. The van der Waals surface area contributed by atoms with Crippen LogP contribution in [0.1, 0.15) is 5.56 Å². The van der Waals surface area contributed by atoms with E-state index in [2.05, 4.69) is 20.7 Å². The number of benzene rings is 3. The molecule has 13 heteroatoms. The second-order valence-electron chi connectivity index (χ2n) is 8.42. The SMILES string of the molecule is COc1cc(OC)c(OC)cc1/C=N/NC(=O)CSc1nnc(-c2cc(OC)c(OC)c(OC)c2)n1-c1ccccc1. The third-order valence-electron chi connectivity index (χ3n) is 6.03. The zero-order valence-corrected chi connectivity index (χ0v) is 24.9. The molecule has 3 aromatic carbocycles. The highest BCUT2D eigenvalue weighted by molar-refractivity contribution is 7.99. The lowest BCUT2D eigenvalue weighted by atomic mass is 10.1. The Morgan fingerprint density at radius 1 is 0.810 bits per heavy atom. The number of hydrazone groups is 1. The molecule has 12 nitrogen and oxygen atoms in total. The average molecular weight is 594 g/mol. The maximum absolute atomic E-state index is 12.7. The summed E-state index contributed by atoms with van der Waals surface area (Å²) in [6.07, 6.45) is 1.47. The van der Waals surface area contributed by atoms with Gasteiger partial charge < -0.3 is 28.4 Å². The minimum Gasteiger partial charge on any atom is -0.496 e. The fourth-order valence-electron chi connectivity index (χ4n) is 4.06. The predicted molar refractivity (Wildman–Crippen MR) is 159 cm³/mol. The summed E-state index contributed by atoms with van der Waals surface area (Å²) in [7, 11) is 9.24. The Morgan fingerprint density at radius 2 is 1.43 bits per heavy atom. The van der Waals surface area contributed by atoms with E-state index in [1.54, 1.807) is 45.6 Å². The maximum Gasteiger partial charge on any atom is 0.250 e. The van der Waals surface area contributed by atoms with E-state index < -0.39 is 0 Å². The van der Waals surface area contributed by atoms with Crippen LogP contribution in [-0.4, -0.2) is 75.3 Å². The largest absolute Gasteiger partial charge is 0.496 e. The third kappa shape index (κ3) is 6.52. The molecule has 0 bridgehead atoms. The van der Waals surface area contributed by atoms with Crippen molar-refractivity contribution in [2.24, 2.45) is 5.10 Å². The van der Waals surface area contributed by atoms with Gasteiger partial charge in [-0.25, -0.2) is 5.43 Å². The summed E-state index contributed by atoms with van der Waals surface area (Å²) in [5.74, 6) is 3.17. The van der Waals surface area contributed by atoms with Gasteiger partial charge in [0.15, 0.2) is 34.0 Å². The number of nitrogens with zero attached hydrogens (tertiary/aromatic N) is 4. The number of rotatable bonds is 13. The first-order valence-corrected chi connectivity index (χ1v) is 13.5. The van der Waals surface area contributed by atoms with E-state index in [0.29, 0.717) is 56.6 Å². The topological polar surface area (TPSA) is 128 Å². The third-order valence-corrected chi connectivity index (χ3v) is 6.96. The molecule has 0 saturated carbocycles. The molecule has 0 fully saturated rings. The van der Waals surface area contributed by atoms with Crippen LogP contribution in [0.15, 0.2) is 64.9 Å². The second-order valence-corrected chi connectivity index (χ2v) is 9.36. The minimum atomic E-state index is -0.340. The van der Waals surface area contributed by atoms with Gasteiger partial charge in [0.05, 0.1) is 54.6 Å². The van der Waals surface area contributed by atoms with Gasteiger partial charge >= 0.3 is 0 Å². The number of hydrogen-bond donors (Lipinski definition) is 1. The van der Waals surface area contributed by atoms with Crippen LogP contribution in [-0.2, 0) is 4.79 Å². The van der Waals surface area contributed by atoms with Crippen LogP contribution in [0.3, 0.4) is 0 Å². The number of carbonyl (C=O) groups excluding carboxylic acids is 1. The molecule has 0 aliphatic carbocycles. The van der Waals surface area contributed by atoms with Crippen molar-refractivity contribution in [3.05, 3.63) is 60.2 Å². The van der Waals surface area contributed by atoms with Crippen LogP contribution in [0, 0.1) is 0 Å². The first-order chi connectivity index (χ1) is 20.5. The van der Waals surface area contributed by atoms with Crippen molar-refractivity contribution in [2.45, 2.75) is 5.16 Å². The van der Waals surface area contributed by atoms with E-state index in [4.69, 9.17) is 28.4 Å². The quantitative estimate of drug-likeness (QED) is 0.137. The lowest BCUT2D eigenvalue weighted by Crippen LogP contribution is -2.20. The lowest BCUT2D eigenvalue weighted by Gasteiger charge is -2.15. The van der Waals surface area contributed by atoms with Crippen molar-refractivity contribution in [3.8, 4) is 51.6 Å². The Bertz CT molecular complexity index is 1530. The molecular formula is C29H31N5O7S. The average Bonchev–Trinajstić information content (AvgIpc) is 3.47. The van der Waals surface area contributed by atoms with Gasteiger partial charge in [0.1, 0.15) is 5.75 Å². The standard InChI is InChI=1S/C29H31N5O7S/c1-36-21-15-23(38-3)22(37-2)14-19(21)16-30-31-26(35)17-42-29-33-32-28(34(29)20-10-8-7-9-11-20)18-12-24(39-4)27(41-6)25(13-18)40-5/h7-16H,17H2,1-6H3,(H,31,35)/b30-16+. The highest BCUT2D eigenvalue weighted by Crippen LogP contribution is 2.41. The summed E-state index contributed by atoms with van der Waals surface area (Å²) >= 11 is 1.21. The van der Waals surface area contributed by atoms with Gasteiger partial charge in [-0.3, -0.25) is 9.36 Å². The van der Waals surface area contributed by atoms with Crippen molar-refractivity contribution < 1.29 is 33.2 Å². The molecular weight excluding hydrogens is 562 g/mol. The summed E-state index contributed by atoms with van der Waals surface area (Å²) in [4.78, 5) is 12.7. The van der Waals surface area contributed by atoms with Gasteiger partial charge in [0.25, 0.3) is 5.91 Å². The molecule has 1 amide bonds. The van der Waals surface area contributed by atoms with Crippen molar-refractivity contribution in [1.82, 2.24) is 20.2 Å². The summed E-state index contributed by atoms with van der Waals surface area (Å²) < 4.78 is 34.4. The van der Waals surface area contributed by atoms with Crippen LogP contribution in [0.4, 0.5) is 0 Å². The zero-order chi connectivity index (χ0) is 30.1. The number of amides is 1. The maximum atomic E-state index is 12.7. The van der Waals surface area contributed by atoms with Crippen molar-refractivity contribution in [2.75, 3.05) is 48.4 Å². The number of methoxy groups -OCH3 is 6. The Labute approximate surface area is 247 Å². The number of hydrogen-bond acceptors (Lipinski definition) is 11. The van der Waals surface area contributed by atoms with Gasteiger partial charge in [0.2, 0.25) is 5.75 Å². The molecule has 1 aromatic heterocycles. The molecule has 0 unspecified atom stereocenters. The van der Waals surface area contributed by atoms with E-state index in [1.807, 2.05) is 34.9 Å². The molecule has 0 aliphatic rings. The van der Waals surface area contributed by atoms with Crippen molar-refractivity contribution >= 4 is 23.9 Å². The number of nitrogens with one attached hydrogen (secondary N) is 1. The monoisotopic (exact) mass is 593 g/mol. The number of thioether (sulfide) groups is 1. The van der Waals surface area contributed by atoms with E-state index in [1.165, 1.54) is 39.3 Å². The second kappa shape index (κ2) is 14.1. The summed E-state index contributed by atoms with van der Waals surface area (Å²) in [6, 6.07) is 16.6. The zero-order valence-electron chi connectivity index (χ0n) is 24.0. The highest BCUT2D eigenvalue weighted by Gasteiger charge is 2.21. The summed E-state index contributed by atoms with van der Waals surface area (Å²) in [6.45, 7) is 0. The first-order valence-electron chi connectivity index (χ1n) is 12.5. The highest BCUT2D eigenvalue weighted by atomic mass is 32.2. The van der Waals surface area contributed by atoms with Gasteiger partial charge in [-0.2, -0.15) is 5.10 Å². The minimum absolute atomic E-state index is 0.0284. The molecule has 0 aliphatic heterocycles. The van der Waals surface area contributed by atoms with Crippen LogP contribution in [0.2, 0.25) is 0 Å². The van der Waals surface area contributed by atoms with Crippen molar-refractivity contribution in [1.29, 1.82) is 0 Å². The molecule has 42 heavy (non-hydrogen) atoms. The molecule has 1 N–H and O–H groups in total. The summed E-state index contributed by atoms with van der Waals surface area (Å²) in [5, 5.41) is 13.4. The molecule has 220 valence electrons. The van der Waals surface area contributed by atoms with Crippen molar-refractivity contribution in [3.63, 3.8) is 0 Å². The van der Waals surface area contributed by atoms with Gasteiger partial charge in [-0.05, 0) is 30.3 Å². The van der Waals surface area contributed by atoms with E-state index in [0.717, 1.165) is 5.69 Å². The van der Waals surface area contributed by atoms with Crippen LogP contribution in [0.5, 0.6) is 34.5 Å². The molecule has 0 atom stereocenters. The van der Waals surface area contributed by atoms with Gasteiger partial charge in [0, 0.05) is 22.9 Å². The molecule has 1 heterocycles. The Morgan fingerprint density at radius 3 is 2.02 bits per heavy atom. The number of aromatic nitrogens is 3. The Kier molecular flexibility index (Phi) is 10.1. The van der Waals surface area contributed by atoms with Gasteiger partial charge in [-0.1, -0.05) is 30.0 Å². The van der Waals surface area contributed by atoms with Crippen LogP contribution < -0.4 is 33.8 Å². The fourth-order valence-corrected chi connectivity index (χ4v) is 4.80. The predicted octanol–water partition coefficient (Wildman–Crippen LogP) is 4.23. The van der Waals surface area contributed by atoms with Gasteiger partial charge in [-0.15, -0.1) is 10.2 Å². The lowest BCUT2D eigenvalue weighted by molar-refractivity contribution is -0.118. The van der Waals surface area contributed by atoms with Crippen LogP contribution >= 0.6 is 11.8 Å². The number of ether oxygens (including phenoxy) is 6. The smallest absolute Gasteiger partial charge is 0.250 e. The van der Waals surface area contributed by atoms with E-state index >= 15 is 0 Å². The molecule has 4 aromatic rings. The fraction of sp³-hybridized carbons (Fsp3) is 0.241. The molecule has 4 rings (SSSR count). The number of para-hydroxylation sites is 1. The molecule has 0 saturated heterocycles. The number of carbonyl (C=O) groups is 1. The molecule has 0 spiro atoms. The normalized spacial score (nSPS) is 10.8. The molecule has 0 radical (unpaired) electrons. The van der Waals surface area contributed by atoms with Crippen LogP contribution in [0.25, 0.3) is 17.1 Å². The summed E-state index contributed by atoms with van der Waals surface area (Å²) in [5.41, 5.74) is 4.63. The van der Waals surface area contributed by atoms with E-state index in [9.17, 15) is 4.79 Å². The van der Waals surface area contributed by atoms with E-state index in [-0.39, 0.29) is 11.7 Å².